The first-order valence-corrected chi connectivity index (χ1v) is 8.10. The largest absolute Gasteiger partial charge is 0.357 e. The molecule has 1 fully saturated rings. The van der Waals surface area contributed by atoms with Crippen molar-refractivity contribution in [3.63, 3.8) is 0 Å². The summed E-state index contributed by atoms with van der Waals surface area (Å²) in [5.74, 6) is 1.91. The number of aromatic nitrogens is 1. The maximum atomic E-state index is 6.25. The highest BCUT2D eigenvalue weighted by Gasteiger charge is 2.21. The summed E-state index contributed by atoms with van der Waals surface area (Å²) >= 11 is 6.25. The van der Waals surface area contributed by atoms with Crippen LogP contribution in [0.2, 0.25) is 5.02 Å². The summed E-state index contributed by atoms with van der Waals surface area (Å²) in [6, 6.07) is 2.60. The summed E-state index contributed by atoms with van der Waals surface area (Å²) in [5, 5.41) is 4.17. The summed E-state index contributed by atoms with van der Waals surface area (Å²) in [6.07, 6.45) is 5.91. The Kier molecular flexibility index (Phi) is 5.67. The Bertz CT molecular complexity index is 430. The minimum atomic E-state index is 0.458. The van der Waals surface area contributed by atoms with Gasteiger partial charge in [0.15, 0.2) is 0 Å². The van der Waals surface area contributed by atoms with E-state index in [4.69, 9.17) is 11.6 Å². The highest BCUT2D eigenvalue weighted by Crippen LogP contribution is 2.29. The SMILES string of the molecule is CCN(CC1CCC1)c1cc(CNC(C)C)c(Cl)cn1. The van der Waals surface area contributed by atoms with Crippen LogP contribution in [-0.4, -0.2) is 24.1 Å². The van der Waals surface area contributed by atoms with Crippen LogP contribution in [0.3, 0.4) is 0 Å². The van der Waals surface area contributed by atoms with Crippen molar-refractivity contribution in [3.8, 4) is 0 Å². The van der Waals surface area contributed by atoms with Crippen LogP contribution in [0.1, 0.15) is 45.6 Å². The Morgan fingerprint density at radius 3 is 2.75 bits per heavy atom. The van der Waals surface area contributed by atoms with E-state index in [1.807, 2.05) is 0 Å². The molecule has 1 aliphatic rings. The summed E-state index contributed by atoms with van der Waals surface area (Å²) in [6.45, 7) is 9.41. The van der Waals surface area contributed by atoms with Gasteiger partial charge in [0.05, 0.1) is 5.02 Å². The van der Waals surface area contributed by atoms with Gasteiger partial charge in [-0.2, -0.15) is 0 Å². The third-order valence-corrected chi connectivity index (χ3v) is 4.37. The van der Waals surface area contributed by atoms with E-state index < -0.39 is 0 Å². The van der Waals surface area contributed by atoms with Gasteiger partial charge in [-0.15, -0.1) is 0 Å². The van der Waals surface area contributed by atoms with Crippen LogP contribution in [0.5, 0.6) is 0 Å². The molecule has 2 rings (SSSR count). The van der Waals surface area contributed by atoms with Crippen LogP contribution >= 0.6 is 11.6 Å². The predicted molar refractivity (Wildman–Crippen MR) is 86.5 cm³/mol. The molecule has 0 saturated heterocycles. The van der Waals surface area contributed by atoms with Crippen molar-refractivity contribution in [2.45, 2.75) is 52.6 Å². The molecule has 1 saturated carbocycles. The van der Waals surface area contributed by atoms with Crippen LogP contribution in [0.15, 0.2) is 12.3 Å². The van der Waals surface area contributed by atoms with Gasteiger partial charge in [-0.25, -0.2) is 4.98 Å². The van der Waals surface area contributed by atoms with E-state index in [1.165, 1.54) is 19.3 Å². The quantitative estimate of drug-likeness (QED) is 0.828. The lowest BCUT2D eigenvalue weighted by Crippen LogP contribution is -2.33. The highest BCUT2D eigenvalue weighted by molar-refractivity contribution is 6.31. The second kappa shape index (κ2) is 7.28. The molecule has 0 amide bonds. The molecule has 0 radical (unpaired) electrons. The monoisotopic (exact) mass is 295 g/mol. The van der Waals surface area contributed by atoms with Crippen LogP contribution in [0, 0.1) is 5.92 Å². The number of hydrogen-bond donors (Lipinski definition) is 1. The molecule has 1 aliphatic carbocycles. The molecular formula is C16H26ClN3. The van der Waals surface area contributed by atoms with Crippen LogP contribution in [0.25, 0.3) is 0 Å². The zero-order valence-electron chi connectivity index (χ0n) is 12.8. The maximum absolute atomic E-state index is 6.25. The van der Waals surface area contributed by atoms with E-state index in [-0.39, 0.29) is 0 Å². The summed E-state index contributed by atoms with van der Waals surface area (Å²) < 4.78 is 0. The van der Waals surface area contributed by atoms with E-state index >= 15 is 0 Å². The van der Waals surface area contributed by atoms with Crippen molar-refractivity contribution in [2.24, 2.45) is 5.92 Å². The zero-order chi connectivity index (χ0) is 14.5. The average Bonchev–Trinajstić information content (AvgIpc) is 2.37. The number of halogens is 1. The zero-order valence-corrected chi connectivity index (χ0v) is 13.6. The van der Waals surface area contributed by atoms with Gasteiger partial charge in [0.25, 0.3) is 0 Å². The van der Waals surface area contributed by atoms with Gasteiger partial charge in [0.2, 0.25) is 0 Å². The number of nitrogens with one attached hydrogen (secondary N) is 1. The van der Waals surface area contributed by atoms with E-state index in [0.29, 0.717) is 6.04 Å². The van der Waals surface area contributed by atoms with Crippen molar-refractivity contribution in [2.75, 3.05) is 18.0 Å². The Morgan fingerprint density at radius 2 is 2.20 bits per heavy atom. The summed E-state index contributed by atoms with van der Waals surface area (Å²) in [4.78, 5) is 6.89. The van der Waals surface area contributed by atoms with Crippen molar-refractivity contribution in [1.29, 1.82) is 0 Å². The van der Waals surface area contributed by atoms with Crippen LogP contribution < -0.4 is 10.2 Å². The minimum Gasteiger partial charge on any atom is -0.357 e. The van der Waals surface area contributed by atoms with Gasteiger partial charge in [-0.3, -0.25) is 0 Å². The number of pyridine rings is 1. The predicted octanol–water partition coefficient (Wildman–Crippen LogP) is 3.86. The molecule has 1 N–H and O–H groups in total. The first kappa shape index (κ1) is 15.6. The van der Waals surface area contributed by atoms with E-state index in [2.05, 4.69) is 42.0 Å². The van der Waals surface area contributed by atoms with Gasteiger partial charge in [0, 0.05) is 31.9 Å². The normalized spacial score (nSPS) is 15.4. The molecule has 1 heterocycles. The molecule has 4 heteroatoms. The van der Waals surface area contributed by atoms with E-state index in [1.54, 1.807) is 6.20 Å². The number of hydrogen-bond acceptors (Lipinski definition) is 3. The molecule has 3 nitrogen and oxygen atoms in total. The second-order valence-corrected chi connectivity index (χ2v) is 6.41. The molecular weight excluding hydrogens is 270 g/mol. The van der Waals surface area contributed by atoms with Crippen molar-refractivity contribution >= 4 is 17.4 Å². The molecule has 1 aromatic heterocycles. The molecule has 0 spiro atoms. The molecule has 0 bridgehead atoms. The lowest BCUT2D eigenvalue weighted by molar-refractivity contribution is 0.318. The lowest BCUT2D eigenvalue weighted by Gasteiger charge is -2.32. The molecule has 1 aromatic rings. The van der Waals surface area contributed by atoms with Crippen LogP contribution in [-0.2, 0) is 6.54 Å². The van der Waals surface area contributed by atoms with Gasteiger partial charge < -0.3 is 10.2 Å². The molecule has 0 aliphatic heterocycles. The molecule has 20 heavy (non-hydrogen) atoms. The van der Waals surface area contributed by atoms with Gasteiger partial charge in [-0.05, 0) is 37.3 Å². The smallest absolute Gasteiger partial charge is 0.128 e. The third-order valence-electron chi connectivity index (χ3n) is 4.03. The number of rotatable bonds is 7. The standard InChI is InChI=1S/C16H26ClN3/c1-4-20(11-13-6-5-7-13)16-8-14(9-18-12(2)3)15(17)10-19-16/h8,10,12-13,18H,4-7,9,11H2,1-3H3. The Morgan fingerprint density at radius 1 is 1.45 bits per heavy atom. The lowest BCUT2D eigenvalue weighted by atomic mass is 9.85. The van der Waals surface area contributed by atoms with Gasteiger partial charge >= 0.3 is 0 Å². The Balaban J connectivity index is 2.07. The minimum absolute atomic E-state index is 0.458. The van der Waals surface area contributed by atoms with E-state index in [0.717, 1.165) is 42.0 Å². The fourth-order valence-corrected chi connectivity index (χ4v) is 2.63. The van der Waals surface area contributed by atoms with Gasteiger partial charge in [0.1, 0.15) is 5.82 Å². The average molecular weight is 296 g/mol. The molecule has 0 unspecified atom stereocenters. The third kappa shape index (κ3) is 4.10. The fourth-order valence-electron chi connectivity index (χ4n) is 2.46. The second-order valence-electron chi connectivity index (χ2n) is 6.01. The molecule has 112 valence electrons. The summed E-state index contributed by atoms with van der Waals surface area (Å²) in [7, 11) is 0. The van der Waals surface area contributed by atoms with E-state index in [9.17, 15) is 0 Å². The molecule has 0 aromatic carbocycles. The maximum Gasteiger partial charge on any atom is 0.128 e. The first-order valence-electron chi connectivity index (χ1n) is 7.73. The van der Waals surface area contributed by atoms with Crippen LogP contribution in [0.4, 0.5) is 5.82 Å². The Labute approximate surface area is 127 Å². The Hall–Kier alpha value is -0.800. The topological polar surface area (TPSA) is 28.2 Å². The van der Waals surface area contributed by atoms with Crippen molar-refractivity contribution in [3.05, 3.63) is 22.8 Å². The number of anilines is 1. The summed E-state index contributed by atoms with van der Waals surface area (Å²) in [5.41, 5.74) is 1.14. The van der Waals surface area contributed by atoms with Crippen molar-refractivity contribution in [1.82, 2.24) is 10.3 Å². The number of nitrogens with zero attached hydrogens (tertiary/aromatic N) is 2. The van der Waals surface area contributed by atoms with Crippen molar-refractivity contribution < 1.29 is 0 Å². The first-order chi connectivity index (χ1) is 9.60. The highest BCUT2D eigenvalue weighted by atomic mass is 35.5. The van der Waals surface area contributed by atoms with Gasteiger partial charge in [-0.1, -0.05) is 31.9 Å². The fraction of sp³-hybridized carbons (Fsp3) is 0.688. The molecule has 0 atom stereocenters.